The molecule has 1 aliphatic carbocycles. The molecule has 2 rings (SSSR count). The zero-order chi connectivity index (χ0) is 6.27. The van der Waals surface area contributed by atoms with E-state index in [9.17, 15) is 4.79 Å². The lowest BCUT2D eigenvalue weighted by Gasteiger charge is -2.02. The molecule has 0 N–H and O–H groups in total. The van der Waals surface area contributed by atoms with Gasteiger partial charge in [-0.25, -0.2) is 0 Å². The van der Waals surface area contributed by atoms with E-state index in [0.717, 1.165) is 6.42 Å². The molecule has 0 spiro atoms. The van der Waals surface area contributed by atoms with Crippen molar-refractivity contribution in [1.82, 2.24) is 0 Å². The van der Waals surface area contributed by atoms with Gasteiger partial charge in [-0.3, -0.25) is 4.79 Å². The largest absolute Gasteiger partial charge is 0.458 e. The molecule has 2 aliphatic rings. The fourth-order valence-corrected chi connectivity index (χ4v) is 1.43. The Morgan fingerprint density at radius 2 is 2.56 bits per heavy atom. The molecule has 1 heterocycles. The van der Waals surface area contributed by atoms with Gasteiger partial charge in [0, 0.05) is 5.92 Å². The molecule has 2 atom stereocenters. The summed E-state index contributed by atoms with van der Waals surface area (Å²) in [7, 11) is 0. The monoisotopic (exact) mass is 124 g/mol. The van der Waals surface area contributed by atoms with Gasteiger partial charge >= 0.3 is 5.97 Å². The number of rotatable bonds is 0. The van der Waals surface area contributed by atoms with Gasteiger partial charge in [-0.2, -0.15) is 0 Å². The first-order chi connectivity index (χ1) is 4.36. The van der Waals surface area contributed by atoms with Crippen LogP contribution in [-0.2, 0) is 9.53 Å². The molecule has 0 aromatic rings. The molecule has 1 fully saturated rings. The van der Waals surface area contributed by atoms with E-state index in [-0.39, 0.29) is 12.1 Å². The molecular formula is C7H8O2. The summed E-state index contributed by atoms with van der Waals surface area (Å²) in [6, 6.07) is 0. The first kappa shape index (κ1) is 5.03. The zero-order valence-electron chi connectivity index (χ0n) is 5.04. The van der Waals surface area contributed by atoms with E-state index in [1.807, 2.05) is 6.08 Å². The third kappa shape index (κ3) is 0.661. The standard InChI is InChI=1S/C7H8O2/c8-7-4-5-2-1-3-6(5)9-7/h1,3,5-6H,2,4H2/t5-,6-/m1/s1. The van der Waals surface area contributed by atoms with Crippen molar-refractivity contribution in [3.05, 3.63) is 12.2 Å². The fraction of sp³-hybridized carbons (Fsp3) is 0.571. The highest BCUT2D eigenvalue weighted by atomic mass is 16.5. The van der Waals surface area contributed by atoms with Crippen LogP contribution in [0.5, 0.6) is 0 Å². The smallest absolute Gasteiger partial charge is 0.306 e. The number of carbonyl (C=O) groups excluding carboxylic acids is 1. The van der Waals surface area contributed by atoms with Crippen molar-refractivity contribution in [3.8, 4) is 0 Å². The normalized spacial score (nSPS) is 38.9. The quantitative estimate of drug-likeness (QED) is 0.354. The Labute approximate surface area is 53.5 Å². The van der Waals surface area contributed by atoms with Crippen molar-refractivity contribution in [3.63, 3.8) is 0 Å². The van der Waals surface area contributed by atoms with Crippen molar-refractivity contribution < 1.29 is 9.53 Å². The summed E-state index contributed by atoms with van der Waals surface area (Å²) in [4.78, 5) is 10.6. The van der Waals surface area contributed by atoms with E-state index in [4.69, 9.17) is 4.74 Å². The van der Waals surface area contributed by atoms with Crippen LogP contribution >= 0.6 is 0 Å². The summed E-state index contributed by atoms with van der Waals surface area (Å²) in [5.41, 5.74) is 0. The molecule has 48 valence electrons. The van der Waals surface area contributed by atoms with Crippen LogP contribution in [0, 0.1) is 5.92 Å². The minimum absolute atomic E-state index is 0.0330. The molecule has 0 radical (unpaired) electrons. The zero-order valence-corrected chi connectivity index (χ0v) is 5.04. The molecule has 0 unspecified atom stereocenters. The summed E-state index contributed by atoms with van der Waals surface area (Å²) in [5, 5.41) is 0. The number of fused-ring (bicyclic) bond motifs is 1. The topological polar surface area (TPSA) is 26.3 Å². The fourth-order valence-electron chi connectivity index (χ4n) is 1.43. The lowest BCUT2D eigenvalue weighted by atomic mass is 10.0. The minimum atomic E-state index is -0.0330. The number of carbonyl (C=O) groups is 1. The Kier molecular flexibility index (Phi) is 0.891. The second-order valence-electron chi connectivity index (χ2n) is 2.58. The maximum Gasteiger partial charge on any atom is 0.306 e. The molecule has 0 amide bonds. The number of allylic oxidation sites excluding steroid dienone is 1. The van der Waals surface area contributed by atoms with Crippen LogP contribution < -0.4 is 0 Å². The van der Waals surface area contributed by atoms with Gasteiger partial charge in [0.25, 0.3) is 0 Å². The highest BCUT2D eigenvalue weighted by Crippen LogP contribution is 2.30. The summed E-state index contributed by atoms with van der Waals surface area (Å²) in [5.74, 6) is 0.437. The number of hydrogen-bond donors (Lipinski definition) is 0. The van der Waals surface area contributed by atoms with E-state index >= 15 is 0 Å². The third-order valence-electron chi connectivity index (χ3n) is 1.93. The molecular weight excluding hydrogens is 116 g/mol. The first-order valence-electron chi connectivity index (χ1n) is 3.22. The maximum atomic E-state index is 10.6. The van der Waals surface area contributed by atoms with Crippen LogP contribution in [0.25, 0.3) is 0 Å². The molecule has 0 aromatic carbocycles. The summed E-state index contributed by atoms with van der Waals surface area (Å²) in [6.45, 7) is 0. The Hall–Kier alpha value is -0.790. The van der Waals surface area contributed by atoms with Gasteiger partial charge in [-0.1, -0.05) is 6.08 Å². The van der Waals surface area contributed by atoms with Crippen molar-refractivity contribution in [2.24, 2.45) is 5.92 Å². The van der Waals surface area contributed by atoms with Crippen molar-refractivity contribution >= 4 is 5.97 Å². The van der Waals surface area contributed by atoms with Crippen LogP contribution in [0.3, 0.4) is 0 Å². The SMILES string of the molecule is O=C1C[C@H]2CC=C[C@H]2O1. The minimum Gasteiger partial charge on any atom is -0.458 e. The summed E-state index contributed by atoms with van der Waals surface area (Å²) >= 11 is 0. The summed E-state index contributed by atoms with van der Waals surface area (Å²) < 4.78 is 4.96. The first-order valence-corrected chi connectivity index (χ1v) is 3.22. The van der Waals surface area contributed by atoms with Crippen LogP contribution in [0.15, 0.2) is 12.2 Å². The second-order valence-corrected chi connectivity index (χ2v) is 2.58. The molecule has 0 aromatic heterocycles. The van der Waals surface area contributed by atoms with Gasteiger partial charge in [-0.15, -0.1) is 0 Å². The molecule has 9 heavy (non-hydrogen) atoms. The van der Waals surface area contributed by atoms with Crippen molar-refractivity contribution in [2.75, 3.05) is 0 Å². The Morgan fingerprint density at radius 3 is 3.33 bits per heavy atom. The van der Waals surface area contributed by atoms with E-state index in [1.54, 1.807) is 0 Å². The van der Waals surface area contributed by atoms with Gasteiger partial charge in [0.05, 0.1) is 6.42 Å². The Morgan fingerprint density at radius 1 is 1.67 bits per heavy atom. The van der Waals surface area contributed by atoms with Gasteiger partial charge in [0.2, 0.25) is 0 Å². The number of ether oxygens (including phenoxy) is 1. The van der Waals surface area contributed by atoms with Gasteiger partial charge in [-0.05, 0) is 12.5 Å². The van der Waals surface area contributed by atoms with Crippen LogP contribution in [-0.4, -0.2) is 12.1 Å². The number of hydrogen-bond acceptors (Lipinski definition) is 2. The Bertz CT molecular complexity index is 172. The van der Waals surface area contributed by atoms with Crippen LogP contribution in [0.2, 0.25) is 0 Å². The molecule has 1 aliphatic heterocycles. The van der Waals surface area contributed by atoms with Crippen molar-refractivity contribution in [2.45, 2.75) is 18.9 Å². The molecule has 0 saturated carbocycles. The van der Waals surface area contributed by atoms with E-state index in [1.165, 1.54) is 0 Å². The average Bonchev–Trinajstić information content (AvgIpc) is 2.22. The van der Waals surface area contributed by atoms with Gasteiger partial charge in [0.1, 0.15) is 6.10 Å². The number of esters is 1. The Balaban J connectivity index is 2.17. The highest BCUT2D eigenvalue weighted by Gasteiger charge is 2.34. The predicted octanol–water partition coefficient (Wildman–Crippen LogP) is 0.878. The average molecular weight is 124 g/mol. The van der Waals surface area contributed by atoms with Crippen LogP contribution in [0.1, 0.15) is 12.8 Å². The van der Waals surface area contributed by atoms with Gasteiger partial charge in [0.15, 0.2) is 0 Å². The second kappa shape index (κ2) is 1.59. The molecule has 0 bridgehead atoms. The molecule has 2 heteroatoms. The lowest BCUT2D eigenvalue weighted by molar-refractivity contribution is -0.140. The van der Waals surface area contributed by atoms with Crippen molar-refractivity contribution in [1.29, 1.82) is 0 Å². The van der Waals surface area contributed by atoms with E-state index in [0.29, 0.717) is 12.3 Å². The molecule has 2 nitrogen and oxygen atoms in total. The van der Waals surface area contributed by atoms with E-state index in [2.05, 4.69) is 6.08 Å². The maximum absolute atomic E-state index is 10.6. The third-order valence-corrected chi connectivity index (χ3v) is 1.93. The summed E-state index contributed by atoms with van der Waals surface area (Å²) in [6.07, 6.45) is 5.84. The molecule has 1 saturated heterocycles. The van der Waals surface area contributed by atoms with Crippen LogP contribution in [0.4, 0.5) is 0 Å². The predicted molar refractivity (Wildman–Crippen MR) is 31.7 cm³/mol. The van der Waals surface area contributed by atoms with E-state index < -0.39 is 0 Å². The van der Waals surface area contributed by atoms with Gasteiger partial charge < -0.3 is 4.74 Å². The highest BCUT2D eigenvalue weighted by molar-refractivity contribution is 5.72. The lowest BCUT2D eigenvalue weighted by Crippen LogP contribution is -2.06.